The van der Waals surface area contributed by atoms with Crippen molar-refractivity contribution in [1.82, 2.24) is 5.32 Å². The van der Waals surface area contributed by atoms with Crippen molar-refractivity contribution in [3.63, 3.8) is 0 Å². The van der Waals surface area contributed by atoms with Crippen molar-refractivity contribution in [1.29, 1.82) is 0 Å². The van der Waals surface area contributed by atoms with Crippen LogP contribution in [-0.2, 0) is 16.0 Å². The van der Waals surface area contributed by atoms with E-state index in [1.54, 1.807) is 0 Å². The molecule has 0 unspecified atom stereocenters. The van der Waals surface area contributed by atoms with Gasteiger partial charge in [-0.3, -0.25) is 4.79 Å². The molecule has 2 rings (SSSR count). The molecule has 10 nitrogen and oxygen atoms in total. The fourth-order valence-electron chi connectivity index (χ4n) is 2.38. The van der Waals surface area contributed by atoms with Gasteiger partial charge in [0.1, 0.15) is 24.4 Å². The van der Waals surface area contributed by atoms with Gasteiger partial charge in [0, 0.05) is 0 Å². The summed E-state index contributed by atoms with van der Waals surface area (Å²) in [4.78, 5) is 12.0. The van der Waals surface area contributed by atoms with Crippen molar-refractivity contribution in [2.75, 3.05) is 6.61 Å². The second-order valence-corrected chi connectivity index (χ2v) is 5.48. The van der Waals surface area contributed by atoms with Crippen LogP contribution >= 0.6 is 0 Å². The second-order valence-electron chi connectivity index (χ2n) is 5.48. The molecule has 8 N–H and O–H groups in total. The zero-order chi connectivity index (χ0) is 18.0. The fourth-order valence-corrected chi connectivity index (χ4v) is 2.38. The third kappa shape index (κ3) is 3.68. The molecule has 0 spiro atoms. The Hall–Kier alpha value is -2.11. The molecule has 5 atom stereocenters. The Morgan fingerprint density at radius 3 is 2.17 bits per heavy atom. The average Bonchev–Trinajstić information content (AvgIpc) is 2.53. The first-order valence-corrected chi connectivity index (χ1v) is 7.08. The van der Waals surface area contributed by atoms with Gasteiger partial charge < -0.3 is 45.8 Å². The number of ether oxygens (including phenoxy) is 1. The smallest absolute Gasteiger partial charge is 0.226 e. The first kappa shape index (κ1) is 18.2. The number of carbonyl (C=O) groups excluding carboxylic acids is 1. The predicted molar refractivity (Wildman–Crippen MR) is 77.1 cm³/mol. The Morgan fingerprint density at radius 1 is 1.04 bits per heavy atom. The molecule has 1 fully saturated rings. The van der Waals surface area contributed by atoms with Gasteiger partial charge in [0.15, 0.2) is 23.5 Å². The van der Waals surface area contributed by atoms with Crippen molar-refractivity contribution in [2.24, 2.45) is 0 Å². The Morgan fingerprint density at radius 2 is 1.62 bits per heavy atom. The van der Waals surface area contributed by atoms with Crippen LogP contribution in [0.4, 0.5) is 0 Å². The molecule has 0 radical (unpaired) electrons. The molecular weight excluding hydrogens is 326 g/mol. The lowest BCUT2D eigenvalue weighted by Gasteiger charge is -2.40. The number of benzene rings is 1. The van der Waals surface area contributed by atoms with Crippen LogP contribution in [0.25, 0.3) is 0 Å². The first-order chi connectivity index (χ1) is 11.2. The molecule has 1 heterocycles. The number of carbonyl (C=O) groups is 1. The van der Waals surface area contributed by atoms with E-state index in [9.17, 15) is 35.4 Å². The quantitative estimate of drug-likeness (QED) is 0.269. The van der Waals surface area contributed by atoms with Gasteiger partial charge in [-0.25, -0.2) is 0 Å². The second kappa shape index (κ2) is 7.20. The standard InChI is InChI=1S/C14H19NO9/c16-4-8-11(21)12(22)13(23)14(24-8)15-9(19)3-5-1-6(17)10(20)7(18)2-5/h1-2,8,11-14,16-18,20-23H,3-4H2,(H,15,19)/t8-,11-,12+,13-,14-/m1/s1. The largest absolute Gasteiger partial charge is 0.504 e. The summed E-state index contributed by atoms with van der Waals surface area (Å²) in [7, 11) is 0. The fraction of sp³-hybridized carbons (Fsp3) is 0.500. The van der Waals surface area contributed by atoms with E-state index in [4.69, 9.17) is 9.84 Å². The highest BCUT2D eigenvalue weighted by Gasteiger charge is 2.43. The number of aromatic hydroxyl groups is 3. The van der Waals surface area contributed by atoms with E-state index in [0.29, 0.717) is 0 Å². The monoisotopic (exact) mass is 345 g/mol. The zero-order valence-corrected chi connectivity index (χ0v) is 12.4. The molecule has 1 saturated heterocycles. The van der Waals surface area contributed by atoms with Crippen molar-refractivity contribution >= 4 is 5.91 Å². The van der Waals surface area contributed by atoms with E-state index in [1.165, 1.54) is 0 Å². The first-order valence-electron chi connectivity index (χ1n) is 7.08. The van der Waals surface area contributed by atoms with Crippen molar-refractivity contribution in [2.45, 2.75) is 37.1 Å². The third-order valence-electron chi connectivity index (χ3n) is 3.69. The zero-order valence-electron chi connectivity index (χ0n) is 12.4. The summed E-state index contributed by atoms with van der Waals surface area (Å²) in [5, 5.41) is 68.5. The molecule has 1 aromatic carbocycles. The molecule has 0 saturated carbocycles. The maximum atomic E-state index is 12.0. The molecule has 1 amide bonds. The van der Waals surface area contributed by atoms with Crippen molar-refractivity contribution in [3.05, 3.63) is 17.7 Å². The highest BCUT2D eigenvalue weighted by molar-refractivity contribution is 5.79. The minimum Gasteiger partial charge on any atom is -0.504 e. The third-order valence-corrected chi connectivity index (χ3v) is 3.69. The van der Waals surface area contributed by atoms with Crippen LogP contribution in [-0.4, -0.2) is 78.9 Å². The van der Waals surface area contributed by atoms with Gasteiger partial charge in [-0.1, -0.05) is 0 Å². The summed E-state index contributed by atoms with van der Waals surface area (Å²) in [6, 6.07) is 2.14. The van der Waals surface area contributed by atoms with Gasteiger partial charge in [-0.2, -0.15) is 0 Å². The number of rotatable bonds is 4. The number of phenols is 3. The summed E-state index contributed by atoms with van der Waals surface area (Å²) < 4.78 is 5.12. The summed E-state index contributed by atoms with van der Waals surface area (Å²) >= 11 is 0. The number of hydrogen-bond acceptors (Lipinski definition) is 9. The molecule has 134 valence electrons. The average molecular weight is 345 g/mol. The number of phenolic OH excluding ortho intramolecular Hbond substituents is 3. The Kier molecular flexibility index (Phi) is 5.47. The SMILES string of the molecule is O=C(Cc1cc(O)c(O)c(O)c1)N[C@@H]1O[C@H](CO)[C@@H](O)[C@H](O)[C@H]1O. The summed E-state index contributed by atoms with van der Waals surface area (Å²) in [5.41, 5.74) is 0.171. The summed E-state index contributed by atoms with van der Waals surface area (Å²) in [5.74, 6) is -2.62. The molecule has 0 aliphatic carbocycles. The number of aliphatic hydroxyl groups is 4. The molecule has 0 bridgehead atoms. The Balaban J connectivity index is 2.04. The normalized spacial score (nSPS) is 30.1. The lowest BCUT2D eigenvalue weighted by atomic mass is 9.98. The Bertz CT molecular complexity index is 583. The van der Waals surface area contributed by atoms with Gasteiger partial charge in [0.25, 0.3) is 0 Å². The van der Waals surface area contributed by atoms with Gasteiger partial charge in [-0.05, 0) is 17.7 Å². The summed E-state index contributed by atoms with van der Waals surface area (Å²) in [6.07, 6.45) is -7.64. The molecule has 1 aliphatic heterocycles. The number of nitrogens with one attached hydrogen (secondary N) is 1. The van der Waals surface area contributed by atoms with E-state index < -0.39 is 60.4 Å². The van der Waals surface area contributed by atoms with Gasteiger partial charge in [0.2, 0.25) is 5.91 Å². The number of aliphatic hydroxyl groups excluding tert-OH is 4. The lowest BCUT2D eigenvalue weighted by molar-refractivity contribution is -0.235. The van der Waals surface area contributed by atoms with Crippen molar-refractivity contribution in [3.8, 4) is 17.2 Å². The van der Waals surface area contributed by atoms with E-state index in [-0.39, 0.29) is 12.0 Å². The van der Waals surface area contributed by atoms with Crippen LogP contribution < -0.4 is 5.32 Å². The predicted octanol–water partition coefficient (Wildman–Crippen LogP) is -2.74. The van der Waals surface area contributed by atoms with Crippen LogP contribution in [0, 0.1) is 0 Å². The van der Waals surface area contributed by atoms with Gasteiger partial charge in [-0.15, -0.1) is 0 Å². The highest BCUT2D eigenvalue weighted by Crippen LogP contribution is 2.35. The highest BCUT2D eigenvalue weighted by atomic mass is 16.6. The molecule has 0 aromatic heterocycles. The summed E-state index contributed by atoms with van der Waals surface area (Å²) in [6.45, 7) is -0.628. The van der Waals surface area contributed by atoms with Crippen LogP contribution in [0.1, 0.15) is 5.56 Å². The van der Waals surface area contributed by atoms with Crippen LogP contribution in [0.3, 0.4) is 0 Å². The van der Waals surface area contributed by atoms with Crippen LogP contribution in [0.5, 0.6) is 17.2 Å². The molecule has 24 heavy (non-hydrogen) atoms. The maximum absolute atomic E-state index is 12.0. The minimum atomic E-state index is -1.62. The van der Waals surface area contributed by atoms with E-state index in [0.717, 1.165) is 12.1 Å². The molecule has 1 aromatic rings. The number of hydrogen-bond donors (Lipinski definition) is 8. The van der Waals surface area contributed by atoms with E-state index in [1.807, 2.05) is 0 Å². The van der Waals surface area contributed by atoms with Gasteiger partial charge in [0.05, 0.1) is 13.0 Å². The van der Waals surface area contributed by atoms with E-state index >= 15 is 0 Å². The van der Waals surface area contributed by atoms with Gasteiger partial charge >= 0.3 is 0 Å². The van der Waals surface area contributed by atoms with Crippen molar-refractivity contribution < 1.29 is 45.3 Å². The minimum absolute atomic E-state index is 0.171. The topological polar surface area (TPSA) is 180 Å². The Labute approximate surface area is 136 Å². The maximum Gasteiger partial charge on any atom is 0.226 e. The lowest BCUT2D eigenvalue weighted by Crippen LogP contribution is -2.63. The molecule has 10 heteroatoms. The van der Waals surface area contributed by atoms with E-state index in [2.05, 4.69) is 5.32 Å². The number of amides is 1. The van der Waals surface area contributed by atoms with Crippen LogP contribution in [0.15, 0.2) is 12.1 Å². The molecular formula is C14H19NO9. The van der Waals surface area contributed by atoms with Crippen LogP contribution in [0.2, 0.25) is 0 Å². The molecule has 1 aliphatic rings.